The van der Waals surface area contributed by atoms with E-state index in [4.69, 9.17) is 4.98 Å². The molecule has 0 saturated carbocycles. The first kappa shape index (κ1) is 17.7. The van der Waals surface area contributed by atoms with E-state index < -0.39 is 0 Å². The molecule has 0 aromatic carbocycles. The second-order valence-electron chi connectivity index (χ2n) is 8.51. The molecule has 0 aliphatic carbocycles. The van der Waals surface area contributed by atoms with E-state index >= 15 is 0 Å². The normalized spacial score (nSPS) is 19.6. The van der Waals surface area contributed by atoms with Gasteiger partial charge in [0.05, 0.1) is 5.92 Å². The third kappa shape index (κ3) is 4.91. The molecule has 1 N–H and O–H groups in total. The molecular formula is C18H30N4O. The first-order valence-electron chi connectivity index (χ1n) is 8.47. The second-order valence-corrected chi connectivity index (χ2v) is 8.51. The highest BCUT2D eigenvalue weighted by Crippen LogP contribution is 2.25. The predicted molar refractivity (Wildman–Crippen MR) is 93.6 cm³/mol. The van der Waals surface area contributed by atoms with Crippen LogP contribution in [0.1, 0.15) is 60.2 Å². The molecule has 1 saturated heterocycles. The monoisotopic (exact) mass is 318 g/mol. The van der Waals surface area contributed by atoms with Gasteiger partial charge in [0.2, 0.25) is 5.91 Å². The summed E-state index contributed by atoms with van der Waals surface area (Å²) in [4.78, 5) is 23.8. The molecule has 1 unspecified atom stereocenters. The minimum atomic E-state index is -0.187. The molecule has 2 rings (SSSR count). The number of rotatable bonds is 2. The van der Waals surface area contributed by atoms with Gasteiger partial charge in [-0.2, -0.15) is 0 Å². The highest BCUT2D eigenvalue weighted by Gasteiger charge is 2.29. The summed E-state index contributed by atoms with van der Waals surface area (Å²) in [6, 6.07) is 1.94. The van der Waals surface area contributed by atoms with Crippen molar-refractivity contribution in [2.45, 2.75) is 65.3 Å². The SMILES string of the molecule is CC(C)(C)NC(=O)C1CCCN(c2ccnc(C(C)(C)C)n2)C1. The van der Waals surface area contributed by atoms with Crippen LogP contribution in [-0.4, -0.2) is 34.5 Å². The lowest BCUT2D eigenvalue weighted by Crippen LogP contribution is -2.49. The van der Waals surface area contributed by atoms with Crippen molar-refractivity contribution in [1.29, 1.82) is 0 Å². The fourth-order valence-electron chi connectivity index (χ4n) is 2.76. The number of nitrogens with zero attached hydrogens (tertiary/aromatic N) is 3. The molecule has 2 heterocycles. The molecule has 1 amide bonds. The highest BCUT2D eigenvalue weighted by atomic mass is 16.2. The van der Waals surface area contributed by atoms with E-state index in [-0.39, 0.29) is 22.8 Å². The Bertz CT molecular complexity index is 557. The number of hydrogen-bond acceptors (Lipinski definition) is 4. The minimum absolute atomic E-state index is 0.0241. The number of aromatic nitrogens is 2. The fraction of sp³-hybridized carbons (Fsp3) is 0.722. The van der Waals surface area contributed by atoms with Crippen LogP contribution in [0.3, 0.4) is 0 Å². The maximum Gasteiger partial charge on any atom is 0.225 e. The fourth-order valence-corrected chi connectivity index (χ4v) is 2.76. The lowest BCUT2D eigenvalue weighted by atomic mass is 9.95. The Balaban J connectivity index is 2.11. The average Bonchev–Trinajstić information content (AvgIpc) is 2.45. The van der Waals surface area contributed by atoms with Gasteiger partial charge in [-0.3, -0.25) is 4.79 Å². The summed E-state index contributed by atoms with van der Waals surface area (Å²) in [5.41, 5.74) is -0.261. The van der Waals surface area contributed by atoms with Crippen molar-refractivity contribution in [2.75, 3.05) is 18.0 Å². The summed E-state index contributed by atoms with van der Waals surface area (Å²) in [5.74, 6) is 1.94. The van der Waals surface area contributed by atoms with Crippen LogP contribution in [0.15, 0.2) is 12.3 Å². The largest absolute Gasteiger partial charge is 0.356 e. The highest BCUT2D eigenvalue weighted by molar-refractivity contribution is 5.80. The molecule has 5 heteroatoms. The Morgan fingerprint density at radius 3 is 2.57 bits per heavy atom. The van der Waals surface area contributed by atoms with Gasteiger partial charge in [0.15, 0.2) is 0 Å². The van der Waals surface area contributed by atoms with Gasteiger partial charge in [0.25, 0.3) is 0 Å². The van der Waals surface area contributed by atoms with Crippen LogP contribution in [0.25, 0.3) is 0 Å². The van der Waals surface area contributed by atoms with Gasteiger partial charge < -0.3 is 10.2 Å². The molecule has 128 valence electrons. The van der Waals surface area contributed by atoms with E-state index in [2.05, 4.69) is 36.0 Å². The standard InChI is InChI=1S/C18H30N4O/c1-17(2,3)16-19-10-9-14(20-16)22-11-7-8-13(12-22)15(23)21-18(4,5)6/h9-10,13H,7-8,11-12H2,1-6H3,(H,21,23). The van der Waals surface area contributed by atoms with Crippen LogP contribution >= 0.6 is 0 Å². The van der Waals surface area contributed by atoms with Gasteiger partial charge in [0, 0.05) is 30.2 Å². The lowest BCUT2D eigenvalue weighted by Gasteiger charge is -2.34. The van der Waals surface area contributed by atoms with Gasteiger partial charge >= 0.3 is 0 Å². The molecule has 1 atom stereocenters. The molecule has 1 aliphatic heterocycles. The van der Waals surface area contributed by atoms with Crippen LogP contribution in [0.5, 0.6) is 0 Å². The first-order valence-corrected chi connectivity index (χ1v) is 8.47. The average molecular weight is 318 g/mol. The molecule has 0 spiro atoms. The van der Waals surface area contributed by atoms with Gasteiger partial charge in [-0.25, -0.2) is 9.97 Å². The first-order chi connectivity index (χ1) is 10.6. The van der Waals surface area contributed by atoms with Crippen molar-refractivity contribution in [1.82, 2.24) is 15.3 Å². The number of nitrogens with one attached hydrogen (secondary N) is 1. The van der Waals surface area contributed by atoms with Crippen LogP contribution in [0.4, 0.5) is 5.82 Å². The van der Waals surface area contributed by atoms with Gasteiger partial charge in [-0.1, -0.05) is 20.8 Å². The summed E-state index contributed by atoms with van der Waals surface area (Å²) >= 11 is 0. The molecule has 1 aliphatic rings. The number of anilines is 1. The van der Waals surface area contributed by atoms with Crippen molar-refractivity contribution in [3.05, 3.63) is 18.1 Å². The van der Waals surface area contributed by atoms with Crippen LogP contribution < -0.4 is 10.2 Å². The zero-order valence-corrected chi connectivity index (χ0v) is 15.3. The quantitative estimate of drug-likeness (QED) is 0.911. The van der Waals surface area contributed by atoms with Gasteiger partial charge in [-0.05, 0) is 39.7 Å². The summed E-state index contributed by atoms with van der Waals surface area (Å²) in [7, 11) is 0. The van der Waals surface area contributed by atoms with Crippen molar-refractivity contribution in [2.24, 2.45) is 5.92 Å². The number of carbonyl (C=O) groups excluding carboxylic acids is 1. The van der Waals surface area contributed by atoms with Crippen LogP contribution in [0, 0.1) is 5.92 Å². The number of amides is 1. The Labute approximate surface area is 139 Å². The third-order valence-corrected chi connectivity index (χ3v) is 3.93. The molecule has 0 bridgehead atoms. The van der Waals surface area contributed by atoms with Crippen molar-refractivity contribution >= 4 is 11.7 Å². The number of piperidine rings is 1. The summed E-state index contributed by atoms with van der Waals surface area (Å²) in [6.45, 7) is 14.1. The number of carbonyl (C=O) groups is 1. The third-order valence-electron chi connectivity index (χ3n) is 3.93. The van der Waals surface area contributed by atoms with Crippen molar-refractivity contribution in [3.63, 3.8) is 0 Å². The maximum atomic E-state index is 12.4. The van der Waals surface area contributed by atoms with Crippen LogP contribution in [0.2, 0.25) is 0 Å². The zero-order valence-electron chi connectivity index (χ0n) is 15.3. The number of hydrogen-bond donors (Lipinski definition) is 1. The smallest absolute Gasteiger partial charge is 0.225 e. The molecule has 0 radical (unpaired) electrons. The predicted octanol–water partition coefficient (Wildman–Crippen LogP) is 2.91. The molecular weight excluding hydrogens is 288 g/mol. The summed E-state index contributed by atoms with van der Waals surface area (Å²) in [6.07, 6.45) is 3.77. The van der Waals surface area contributed by atoms with E-state index in [1.54, 1.807) is 0 Å². The molecule has 23 heavy (non-hydrogen) atoms. The molecule has 1 aromatic rings. The molecule has 5 nitrogen and oxygen atoms in total. The van der Waals surface area contributed by atoms with E-state index in [0.29, 0.717) is 0 Å². The van der Waals surface area contributed by atoms with E-state index in [9.17, 15) is 4.79 Å². The Morgan fingerprint density at radius 1 is 1.26 bits per heavy atom. The van der Waals surface area contributed by atoms with Crippen molar-refractivity contribution < 1.29 is 4.79 Å². The van der Waals surface area contributed by atoms with Crippen molar-refractivity contribution in [3.8, 4) is 0 Å². The van der Waals surface area contributed by atoms with Gasteiger partial charge in [0.1, 0.15) is 11.6 Å². The van der Waals surface area contributed by atoms with E-state index in [0.717, 1.165) is 37.6 Å². The Morgan fingerprint density at radius 2 is 1.96 bits per heavy atom. The van der Waals surface area contributed by atoms with Gasteiger partial charge in [-0.15, -0.1) is 0 Å². The Hall–Kier alpha value is -1.65. The maximum absolute atomic E-state index is 12.4. The second kappa shape index (κ2) is 6.46. The van der Waals surface area contributed by atoms with Crippen LogP contribution in [-0.2, 0) is 10.2 Å². The molecule has 1 fully saturated rings. The zero-order chi connectivity index (χ0) is 17.3. The van der Waals surface area contributed by atoms with E-state index in [1.165, 1.54) is 0 Å². The minimum Gasteiger partial charge on any atom is -0.356 e. The summed E-state index contributed by atoms with van der Waals surface area (Å²) in [5, 5.41) is 3.10. The molecule has 1 aromatic heterocycles. The van der Waals surface area contributed by atoms with E-state index in [1.807, 2.05) is 33.0 Å². The lowest BCUT2D eigenvalue weighted by molar-refractivity contribution is -0.126. The Kier molecular flexibility index (Phi) is 4.97. The topological polar surface area (TPSA) is 58.1 Å². The summed E-state index contributed by atoms with van der Waals surface area (Å²) < 4.78 is 0.